The fourth-order valence-corrected chi connectivity index (χ4v) is 3.23. The average molecular weight is 380 g/mol. The summed E-state index contributed by atoms with van der Waals surface area (Å²) in [5, 5.41) is 5.24. The number of carbonyl (C=O) groups is 1. The molecule has 2 unspecified atom stereocenters. The Morgan fingerprint density at radius 3 is 2.56 bits per heavy atom. The Morgan fingerprint density at radius 2 is 1.92 bits per heavy atom. The van der Waals surface area contributed by atoms with Crippen molar-refractivity contribution in [3.05, 3.63) is 46.1 Å². The molecule has 0 aliphatic carbocycles. The van der Waals surface area contributed by atoms with Gasteiger partial charge < -0.3 is 4.74 Å². The van der Waals surface area contributed by atoms with E-state index >= 15 is 0 Å². The molecule has 1 aliphatic heterocycles. The lowest BCUT2D eigenvalue weighted by Crippen LogP contribution is -2.39. The zero-order valence-electron chi connectivity index (χ0n) is 14.5. The molecule has 0 N–H and O–H groups in total. The van der Waals surface area contributed by atoms with Crippen LogP contribution in [0.1, 0.15) is 39.3 Å². The molecule has 0 radical (unpaired) electrons. The number of ether oxygens (including phenoxy) is 1. The molecule has 0 amide bonds. The van der Waals surface area contributed by atoms with Crippen LogP contribution in [0.4, 0.5) is 5.82 Å². The van der Waals surface area contributed by atoms with Gasteiger partial charge in [0, 0.05) is 11.8 Å². The van der Waals surface area contributed by atoms with Gasteiger partial charge in [-0.1, -0.05) is 29.3 Å². The maximum Gasteiger partial charge on any atom is 0.317 e. The molecule has 0 saturated heterocycles. The number of benzene rings is 1. The van der Waals surface area contributed by atoms with Crippen LogP contribution < -0.4 is 0 Å². The summed E-state index contributed by atoms with van der Waals surface area (Å²) in [7, 11) is 0. The van der Waals surface area contributed by atoms with Gasteiger partial charge in [-0.3, -0.25) is 4.79 Å². The Kier molecular flexibility index (Phi) is 4.64. The van der Waals surface area contributed by atoms with Crippen LogP contribution in [-0.2, 0) is 9.53 Å². The van der Waals surface area contributed by atoms with E-state index in [2.05, 4.69) is 10.1 Å². The largest absolute Gasteiger partial charge is 0.459 e. The molecule has 1 aliphatic rings. The van der Waals surface area contributed by atoms with Crippen LogP contribution in [-0.4, -0.2) is 27.1 Å². The molecule has 2 aromatic rings. The monoisotopic (exact) mass is 379 g/mol. The van der Waals surface area contributed by atoms with E-state index in [-0.39, 0.29) is 5.97 Å². The van der Waals surface area contributed by atoms with E-state index in [1.165, 1.54) is 0 Å². The first-order valence-corrected chi connectivity index (χ1v) is 8.69. The van der Waals surface area contributed by atoms with Crippen LogP contribution in [0, 0.1) is 5.92 Å². The van der Waals surface area contributed by atoms with Crippen LogP contribution in [0.2, 0.25) is 10.0 Å². The SMILES string of the molecule is CC1=Nc2ccnn2C(c2ccc(Cl)c(Cl)c2)C1C(=O)OC(C)(C)C. The molecule has 0 bridgehead atoms. The van der Waals surface area contributed by atoms with Crippen LogP contribution in [0.5, 0.6) is 0 Å². The first-order chi connectivity index (χ1) is 11.7. The average Bonchev–Trinajstić information content (AvgIpc) is 2.94. The number of aromatic nitrogens is 2. The van der Waals surface area contributed by atoms with Gasteiger partial charge in [-0.05, 0) is 45.4 Å². The third-order valence-corrected chi connectivity index (χ3v) is 4.65. The van der Waals surface area contributed by atoms with Gasteiger partial charge >= 0.3 is 5.97 Å². The molecule has 0 spiro atoms. The van der Waals surface area contributed by atoms with Gasteiger partial charge in [-0.2, -0.15) is 5.10 Å². The van der Waals surface area contributed by atoms with Gasteiger partial charge in [-0.25, -0.2) is 9.67 Å². The number of fused-ring (bicyclic) bond motifs is 1. The number of hydrogen-bond donors (Lipinski definition) is 0. The summed E-state index contributed by atoms with van der Waals surface area (Å²) in [5.41, 5.74) is 0.909. The summed E-state index contributed by atoms with van der Waals surface area (Å²) in [6.45, 7) is 7.35. The lowest BCUT2D eigenvalue weighted by atomic mass is 9.88. The van der Waals surface area contributed by atoms with Crippen molar-refractivity contribution < 1.29 is 9.53 Å². The van der Waals surface area contributed by atoms with Crippen molar-refractivity contribution in [2.45, 2.75) is 39.3 Å². The Hall–Kier alpha value is -1.85. The highest BCUT2D eigenvalue weighted by Gasteiger charge is 2.40. The van der Waals surface area contributed by atoms with E-state index in [4.69, 9.17) is 27.9 Å². The summed E-state index contributed by atoms with van der Waals surface area (Å²) < 4.78 is 7.35. The number of esters is 1. The van der Waals surface area contributed by atoms with E-state index in [0.717, 1.165) is 5.56 Å². The molecule has 0 fully saturated rings. The Morgan fingerprint density at radius 1 is 1.20 bits per heavy atom. The quantitative estimate of drug-likeness (QED) is 0.701. The topological polar surface area (TPSA) is 56.5 Å². The van der Waals surface area contributed by atoms with Crippen molar-refractivity contribution in [2.75, 3.05) is 0 Å². The first kappa shape index (κ1) is 18.0. The van der Waals surface area contributed by atoms with E-state index in [9.17, 15) is 4.79 Å². The lowest BCUT2D eigenvalue weighted by Gasteiger charge is -2.32. The zero-order valence-corrected chi connectivity index (χ0v) is 16.0. The molecule has 7 heteroatoms. The lowest BCUT2D eigenvalue weighted by molar-refractivity contribution is -0.158. The second kappa shape index (κ2) is 6.46. The van der Waals surface area contributed by atoms with E-state index in [1.54, 1.807) is 29.1 Å². The van der Waals surface area contributed by atoms with Crippen LogP contribution in [0.3, 0.4) is 0 Å². The van der Waals surface area contributed by atoms with Crippen molar-refractivity contribution >= 4 is 40.7 Å². The Bertz CT molecular complexity index is 852. The minimum absolute atomic E-state index is 0.342. The second-order valence-electron chi connectivity index (χ2n) is 7.02. The first-order valence-electron chi connectivity index (χ1n) is 7.94. The van der Waals surface area contributed by atoms with Crippen molar-refractivity contribution in [3.63, 3.8) is 0 Å². The normalized spacial score (nSPS) is 20.0. The predicted molar refractivity (Wildman–Crippen MR) is 98.9 cm³/mol. The van der Waals surface area contributed by atoms with Gasteiger partial charge in [0.05, 0.1) is 22.3 Å². The highest BCUT2D eigenvalue weighted by atomic mass is 35.5. The van der Waals surface area contributed by atoms with E-state index in [1.807, 2.05) is 33.8 Å². The summed E-state index contributed by atoms with van der Waals surface area (Å²) in [5.74, 6) is -0.247. The molecule has 132 valence electrons. The number of nitrogens with zero attached hydrogens (tertiary/aromatic N) is 3. The van der Waals surface area contributed by atoms with Gasteiger partial charge in [0.15, 0.2) is 5.82 Å². The Labute approximate surface area is 156 Å². The molecule has 25 heavy (non-hydrogen) atoms. The van der Waals surface area contributed by atoms with Crippen LogP contribution >= 0.6 is 23.2 Å². The number of carbonyl (C=O) groups excluding carboxylic acids is 1. The maximum absolute atomic E-state index is 12.9. The van der Waals surface area contributed by atoms with Crippen LogP contribution in [0.25, 0.3) is 0 Å². The smallest absolute Gasteiger partial charge is 0.317 e. The number of aliphatic imine (C=N–C) groups is 1. The summed E-state index contributed by atoms with van der Waals surface area (Å²) in [4.78, 5) is 17.4. The third-order valence-electron chi connectivity index (χ3n) is 3.92. The fourth-order valence-electron chi connectivity index (χ4n) is 2.92. The molecule has 5 nitrogen and oxygen atoms in total. The van der Waals surface area contributed by atoms with Crippen molar-refractivity contribution in [1.29, 1.82) is 0 Å². The molecular weight excluding hydrogens is 361 g/mol. The number of rotatable bonds is 2. The molecule has 1 aromatic heterocycles. The van der Waals surface area contributed by atoms with Crippen molar-refractivity contribution in [3.8, 4) is 0 Å². The van der Waals surface area contributed by atoms with Crippen LogP contribution in [0.15, 0.2) is 35.5 Å². The highest BCUT2D eigenvalue weighted by molar-refractivity contribution is 6.42. The van der Waals surface area contributed by atoms with Gasteiger partial charge in [0.2, 0.25) is 0 Å². The van der Waals surface area contributed by atoms with Gasteiger partial charge in [0.25, 0.3) is 0 Å². The second-order valence-corrected chi connectivity index (χ2v) is 7.83. The summed E-state index contributed by atoms with van der Waals surface area (Å²) in [6.07, 6.45) is 1.66. The van der Waals surface area contributed by atoms with E-state index in [0.29, 0.717) is 21.6 Å². The molecule has 2 atom stereocenters. The third kappa shape index (κ3) is 3.58. The molecular formula is C18H19Cl2N3O2. The van der Waals surface area contributed by atoms with Gasteiger partial charge in [-0.15, -0.1) is 0 Å². The summed E-state index contributed by atoms with van der Waals surface area (Å²) >= 11 is 12.2. The minimum atomic E-state index is -0.594. The van der Waals surface area contributed by atoms with Crippen molar-refractivity contribution in [2.24, 2.45) is 10.9 Å². The maximum atomic E-state index is 12.9. The number of hydrogen-bond acceptors (Lipinski definition) is 4. The zero-order chi connectivity index (χ0) is 18.4. The minimum Gasteiger partial charge on any atom is -0.459 e. The van der Waals surface area contributed by atoms with Gasteiger partial charge in [0.1, 0.15) is 11.5 Å². The predicted octanol–water partition coefficient (Wildman–Crippen LogP) is 4.84. The molecule has 2 heterocycles. The Balaban J connectivity index is 2.10. The molecule has 3 rings (SSSR count). The highest BCUT2D eigenvalue weighted by Crippen LogP contribution is 2.38. The standard InChI is InChI=1S/C18H19Cl2N3O2/c1-10-15(17(24)25-18(2,3)4)16(23-14(22-10)7-8-21-23)11-5-6-12(19)13(20)9-11/h5-9,15-16H,1-4H3. The fraction of sp³-hybridized carbons (Fsp3) is 0.389. The number of halogens is 2. The summed E-state index contributed by atoms with van der Waals surface area (Å²) in [6, 6.07) is 6.73. The van der Waals surface area contributed by atoms with Crippen molar-refractivity contribution in [1.82, 2.24) is 9.78 Å². The molecule has 0 saturated carbocycles. The van der Waals surface area contributed by atoms with E-state index < -0.39 is 17.6 Å². The molecule has 1 aromatic carbocycles.